The Kier molecular flexibility index (Phi) is 5.10. The number of benzene rings is 2. The molecule has 0 atom stereocenters. The number of fused-ring (bicyclic) bond motifs is 2. The maximum Gasteiger partial charge on any atom is 0.221 e. The molecule has 3 aromatic heterocycles. The lowest BCUT2D eigenvalue weighted by Crippen LogP contribution is -2.05. The van der Waals surface area contributed by atoms with Gasteiger partial charge in [0.2, 0.25) is 5.95 Å². The van der Waals surface area contributed by atoms with Crippen LogP contribution in [0.3, 0.4) is 0 Å². The van der Waals surface area contributed by atoms with Crippen LogP contribution in [0.15, 0.2) is 48.8 Å². The van der Waals surface area contributed by atoms with Crippen molar-refractivity contribution in [1.29, 1.82) is 0 Å². The molecule has 0 unspecified atom stereocenters. The molecule has 5 rings (SSSR count). The SMILES string of the molecule is CCOc1ccc2[nH]cc(CCc3cnc(N)nc3Nc3cccc4[nH]c(C)nc34)c2c1. The van der Waals surface area contributed by atoms with E-state index in [2.05, 4.69) is 48.6 Å². The van der Waals surface area contributed by atoms with Crippen LogP contribution in [0, 0.1) is 6.92 Å². The van der Waals surface area contributed by atoms with Gasteiger partial charge in [0.25, 0.3) is 0 Å². The second-order valence-corrected chi connectivity index (χ2v) is 7.71. The predicted molar refractivity (Wildman–Crippen MR) is 127 cm³/mol. The number of para-hydroxylation sites is 1. The van der Waals surface area contributed by atoms with Crippen LogP contribution in [0.4, 0.5) is 17.5 Å². The highest BCUT2D eigenvalue weighted by molar-refractivity contribution is 5.90. The van der Waals surface area contributed by atoms with Gasteiger partial charge in [0.1, 0.15) is 22.9 Å². The Labute approximate surface area is 185 Å². The third kappa shape index (κ3) is 3.82. The van der Waals surface area contributed by atoms with Crippen LogP contribution in [0.5, 0.6) is 5.75 Å². The van der Waals surface area contributed by atoms with Gasteiger partial charge in [-0.05, 0) is 62.6 Å². The molecule has 8 heteroatoms. The molecule has 0 radical (unpaired) electrons. The summed E-state index contributed by atoms with van der Waals surface area (Å²) < 4.78 is 5.67. The van der Waals surface area contributed by atoms with E-state index in [1.807, 2.05) is 38.1 Å². The number of anilines is 3. The van der Waals surface area contributed by atoms with Crippen molar-refractivity contribution in [3.8, 4) is 5.75 Å². The molecule has 3 heterocycles. The number of hydrogen-bond donors (Lipinski definition) is 4. The molecule has 0 saturated heterocycles. The summed E-state index contributed by atoms with van der Waals surface area (Å²) in [6, 6.07) is 12.1. The van der Waals surface area contributed by atoms with E-state index in [1.54, 1.807) is 6.20 Å². The lowest BCUT2D eigenvalue weighted by molar-refractivity contribution is 0.340. The lowest BCUT2D eigenvalue weighted by atomic mass is 10.0. The summed E-state index contributed by atoms with van der Waals surface area (Å²) in [6.45, 7) is 4.57. The number of rotatable bonds is 7. The largest absolute Gasteiger partial charge is 0.494 e. The molecule has 0 bridgehead atoms. The molecule has 8 nitrogen and oxygen atoms in total. The molecular formula is C24H25N7O. The minimum Gasteiger partial charge on any atom is -0.494 e. The number of aromatic nitrogens is 5. The van der Waals surface area contributed by atoms with Crippen molar-refractivity contribution in [2.45, 2.75) is 26.7 Å². The second kappa shape index (κ2) is 8.22. The average Bonchev–Trinajstić information content (AvgIpc) is 3.36. The zero-order valence-corrected chi connectivity index (χ0v) is 18.1. The maximum absolute atomic E-state index is 5.91. The van der Waals surface area contributed by atoms with Gasteiger partial charge in [-0.3, -0.25) is 0 Å². The van der Waals surface area contributed by atoms with E-state index in [0.29, 0.717) is 12.4 Å². The summed E-state index contributed by atoms with van der Waals surface area (Å²) >= 11 is 0. The van der Waals surface area contributed by atoms with Crippen LogP contribution < -0.4 is 15.8 Å². The summed E-state index contributed by atoms with van der Waals surface area (Å²) in [6.07, 6.45) is 5.42. The van der Waals surface area contributed by atoms with Crippen molar-refractivity contribution < 1.29 is 4.74 Å². The van der Waals surface area contributed by atoms with E-state index in [4.69, 9.17) is 10.5 Å². The van der Waals surface area contributed by atoms with E-state index in [-0.39, 0.29) is 5.95 Å². The van der Waals surface area contributed by atoms with E-state index in [9.17, 15) is 0 Å². The molecule has 32 heavy (non-hydrogen) atoms. The molecule has 0 amide bonds. The Morgan fingerprint density at radius 1 is 1.06 bits per heavy atom. The fourth-order valence-electron chi connectivity index (χ4n) is 3.99. The van der Waals surface area contributed by atoms with E-state index in [1.165, 1.54) is 10.9 Å². The molecule has 0 aliphatic heterocycles. The molecule has 162 valence electrons. The van der Waals surface area contributed by atoms with Crippen molar-refractivity contribution in [2.75, 3.05) is 17.7 Å². The van der Waals surface area contributed by atoms with Crippen molar-refractivity contribution in [2.24, 2.45) is 0 Å². The van der Waals surface area contributed by atoms with Gasteiger partial charge in [0.15, 0.2) is 0 Å². The van der Waals surface area contributed by atoms with Crippen LogP contribution in [0.2, 0.25) is 0 Å². The fourth-order valence-corrected chi connectivity index (χ4v) is 3.99. The zero-order valence-electron chi connectivity index (χ0n) is 18.1. The van der Waals surface area contributed by atoms with Gasteiger partial charge in [-0.25, -0.2) is 9.97 Å². The second-order valence-electron chi connectivity index (χ2n) is 7.71. The summed E-state index contributed by atoms with van der Waals surface area (Å²) in [5, 5.41) is 4.59. The van der Waals surface area contributed by atoms with Crippen molar-refractivity contribution in [3.05, 3.63) is 65.7 Å². The van der Waals surface area contributed by atoms with Gasteiger partial charge in [0.05, 0.1) is 17.8 Å². The number of nitrogens with zero attached hydrogens (tertiary/aromatic N) is 3. The van der Waals surface area contributed by atoms with Crippen molar-refractivity contribution >= 4 is 39.4 Å². The number of imidazole rings is 1. The van der Waals surface area contributed by atoms with Crippen LogP contribution in [-0.2, 0) is 12.8 Å². The fraction of sp³-hybridized carbons (Fsp3) is 0.208. The van der Waals surface area contributed by atoms with Crippen molar-refractivity contribution in [3.63, 3.8) is 0 Å². The van der Waals surface area contributed by atoms with Crippen LogP contribution in [-0.4, -0.2) is 31.5 Å². The normalized spacial score (nSPS) is 11.3. The molecule has 5 N–H and O–H groups in total. The molecule has 0 saturated carbocycles. The Balaban J connectivity index is 1.43. The zero-order chi connectivity index (χ0) is 22.1. The summed E-state index contributed by atoms with van der Waals surface area (Å²) in [5.74, 6) is 2.67. The third-order valence-corrected chi connectivity index (χ3v) is 5.48. The van der Waals surface area contributed by atoms with E-state index < -0.39 is 0 Å². The van der Waals surface area contributed by atoms with Gasteiger partial charge in [-0.1, -0.05) is 6.07 Å². The van der Waals surface area contributed by atoms with Gasteiger partial charge in [-0.15, -0.1) is 0 Å². The highest BCUT2D eigenvalue weighted by Gasteiger charge is 2.12. The highest BCUT2D eigenvalue weighted by atomic mass is 16.5. The quantitative estimate of drug-likeness (QED) is 0.300. The molecule has 0 fully saturated rings. The first-order valence-electron chi connectivity index (χ1n) is 10.7. The van der Waals surface area contributed by atoms with E-state index in [0.717, 1.165) is 52.2 Å². The number of hydrogen-bond acceptors (Lipinski definition) is 6. The van der Waals surface area contributed by atoms with Gasteiger partial charge in [-0.2, -0.15) is 4.98 Å². The number of aryl methyl sites for hydroxylation is 3. The first kappa shape index (κ1) is 19.9. The molecule has 0 spiro atoms. The molecular weight excluding hydrogens is 402 g/mol. The lowest BCUT2D eigenvalue weighted by Gasteiger charge is -2.12. The monoisotopic (exact) mass is 427 g/mol. The first-order chi connectivity index (χ1) is 15.6. The summed E-state index contributed by atoms with van der Waals surface area (Å²) in [4.78, 5) is 19.9. The number of nitrogens with one attached hydrogen (secondary N) is 3. The average molecular weight is 428 g/mol. The highest BCUT2D eigenvalue weighted by Crippen LogP contribution is 2.28. The van der Waals surface area contributed by atoms with Crippen LogP contribution in [0.1, 0.15) is 23.9 Å². The van der Waals surface area contributed by atoms with E-state index >= 15 is 0 Å². The first-order valence-corrected chi connectivity index (χ1v) is 10.7. The standard InChI is InChI=1S/C24H25N7O/c1-3-32-17-9-10-19-18(11-17)15(12-26-19)7-8-16-13-27-24(25)31-23(16)30-21-6-4-5-20-22(21)29-14(2)28-20/h4-6,9-13,26H,3,7-8H2,1-2H3,(H,28,29)(H3,25,27,30,31). The summed E-state index contributed by atoms with van der Waals surface area (Å²) in [7, 11) is 0. The minimum absolute atomic E-state index is 0.232. The smallest absolute Gasteiger partial charge is 0.221 e. The predicted octanol–water partition coefficient (Wildman–Crippen LogP) is 4.65. The molecule has 2 aromatic carbocycles. The number of nitrogens with two attached hydrogens (primary N) is 1. The number of nitrogen functional groups attached to an aromatic ring is 1. The Bertz CT molecular complexity index is 1400. The number of ether oxygens (including phenoxy) is 1. The number of aromatic amines is 2. The van der Waals surface area contributed by atoms with Crippen LogP contribution in [0.25, 0.3) is 21.9 Å². The topological polar surface area (TPSA) is 118 Å². The third-order valence-electron chi connectivity index (χ3n) is 5.48. The van der Waals surface area contributed by atoms with Crippen LogP contribution >= 0.6 is 0 Å². The Morgan fingerprint density at radius 2 is 1.94 bits per heavy atom. The minimum atomic E-state index is 0.232. The molecule has 0 aliphatic rings. The molecule has 0 aliphatic carbocycles. The van der Waals surface area contributed by atoms with Gasteiger partial charge in [0, 0.05) is 28.9 Å². The maximum atomic E-state index is 5.91. The van der Waals surface area contributed by atoms with Gasteiger partial charge >= 0.3 is 0 Å². The Morgan fingerprint density at radius 3 is 2.81 bits per heavy atom. The molecule has 5 aromatic rings. The number of H-pyrrole nitrogens is 2. The Hall–Kier alpha value is -4.07. The van der Waals surface area contributed by atoms with Crippen molar-refractivity contribution in [1.82, 2.24) is 24.9 Å². The summed E-state index contributed by atoms with van der Waals surface area (Å²) in [5.41, 5.74) is 11.9. The van der Waals surface area contributed by atoms with Gasteiger partial charge < -0.3 is 25.8 Å².